The van der Waals surface area contributed by atoms with Gasteiger partial charge in [-0.2, -0.15) is 0 Å². The third-order valence-electron chi connectivity index (χ3n) is 1.77. The molecule has 1 heterocycles. The van der Waals surface area contributed by atoms with Crippen LogP contribution in [-0.4, -0.2) is 33.9 Å². The van der Waals surface area contributed by atoms with Gasteiger partial charge in [0.05, 0.1) is 13.1 Å². The van der Waals surface area contributed by atoms with Gasteiger partial charge < -0.3 is 10.3 Å². The van der Waals surface area contributed by atoms with E-state index in [1.807, 2.05) is 29.8 Å². The fourth-order valence-corrected chi connectivity index (χ4v) is 1.14. The molecule has 3 N–H and O–H groups in total. The summed E-state index contributed by atoms with van der Waals surface area (Å²) in [5.41, 5.74) is 5.27. The number of imidazole rings is 1. The first kappa shape index (κ1) is 9.73. The molecule has 0 bridgehead atoms. The Morgan fingerprint density at radius 1 is 1.77 bits per heavy atom. The number of aromatic nitrogens is 2. The lowest BCUT2D eigenvalue weighted by atomic mass is 10.4. The molecule has 0 fully saturated rings. The molecule has 0 spiro atoms. The molecule has 0 atom stereocenters. The Labute approximate surface area is 77.7 Å². The van der Waals surface area contributed by atoms with E-state index in [1.54, 1.807) is 6.20 Å². The number of likely N-dealkylation sites (N-methyl/N-ethyl adjacent to an activating group) is 1. The van der Waals surface area contributed by atoms with Crippen molar-refractivity contribution in [3.63, 3.8) is 0 Å². The molecule has 5 nitrogen and oxygen atoms in total. The summed E-state index contributed by atoms with van der Waals surface area (Å²) >= 11 is 0. The van der Waals surface area contributed by atoms with Gasteiger partial charge in [0.15, 0.2) is 0 Å². The normalized spacial score (nSPS) is 10.7. The van der Waals surface area contributed by atoms with Crippen LogP contribution < -0.4 is 5.73 Å². The molecule has 0 radical (unpaired) electrons. The summed E-state index contributed by atoms with van der Waals surface area (Å²) in [4.78, 5) is 6.12. The smallest absolute Gasteiger partial charge is 0.122 e. The summed E-state index contributed by atoms with van der Waals surface area (Å²) in [5.74, 6) is 1.15. The van der Waals surface area contributed by atoms with E-state index in [0.29, 0.717) is 13.1 Å². The van der Waals surface area contributed by atoms with Crippen LogP contribution in [0.1, 0.15) is 5.82 Å². The first-order chi connectivity index (χ1) is 6.09. The minimum absolute atomic E-state index is 0.178. The number of amidine groups is 1. The van der Waals surface area contributed by atoms with Crippen LogP contribution in [0, 0.1) is 5.41 Å². The van der Waals surface area contributed by atoms with Crippen molar-refractivity contribution in [3.05, 3.63) is 18.2 Å². The van der Waals surface area contributed by atoms with E-state index in [9.17, 15) is 0 Å². The second-order valence-electron chi connectivity index (χ2n) is 3.15. The van der Waals surface area contributed by atoms with Crippen molar-refractivity contribution in [3.8, 4) is 0 Å². The molecule has 0 unspecified atom stereocenters. The van der Waals surface area contributed by atoms with Crippen molar-refractivity contribution in [2.75, 3.05) is 13.6 Å². The van der Waals surface area contributed by atoms with Crippen molar-refractivity contribution >= 4 is 5.84 Å². The molecule has 1 aromatic heterocycles. The van der Waals surface area contributed by atoms with E-state index < -0.39 is 0 Å². The number of rotatable bonds is 4. The minimum Gasteiger partial charge on any atom is -0.387 e. The van der Waals surface area contributed by atoms with Gasteiger partial charge in [0.2, 0.25) is 0 Å². The number of aryl methyl sites for hydroxylation is 1. The highest BCUT2D eigenvalue weighted by molar-refractivity contribution is 5.78. The number of hydrogen-bond donors (Lipinski definition) is 2. The van der Waals surface area contributed by atoms with Crippen LogP contribution in [0.4, 0.5) is 0 Å². The molecule has 5 heteroatoms. The van der Waals surface area contributed by atoms with Crippen molar-refractivity contribution in [1.82, 2.24) is 14.5 Å². The molecule has 0 aliphatic rings. The Hall–Kier alpha value is -1.36. The van der Waals surface area contributed by atoms with Crippen molar-refractivity contribution < 1.29 is 0 Å². The fraction of sp³-hybridized carbons (Fsp3) is 0.500. The first-order valence-electron chi connectivity index (χ1n) is 4.07. The topological polar surface area (TPSA) is 70.9 Å². The second-order valence-corrected chi connectivity index (χ2v) is 3.15. The van der Waals surface area contributed by atoms with Gasteiger partial charge in [-0.3, -0.25) is 10.3 Å². The van der Waals surface area contributed by atoms with Crippen LogP contribution >= 0.6 is 0 Å². The number of hydrogen-bond acceptors (Lipinski definition) is 3. The average Bonchev–Trinajstić information content (AvgIpc) is 2.34. The quantitative estimate of drug-likeness (QED) is 0.498. The molecule has 0 saturated heterocycles. The standard InChI is InChI=1S/C8H15N5/c1-12(5-7(9)10)6-8-11-3-4-13(8)2/h3-4H,5-6H2,1-2H3,(H3,9,10). The van der Waals surface area contributed by atoms with E-state index in [1.165, 1.54) is 0 Å². The Bertz CT molecular complexity index is 290. The minimum atomic E-state index is 0.178. The molecule has 0 aliphatic heterocycles. The lowest BCUT2D eigenvalue weighted by Gasteiger charge is -2.14. The maximum Gasteiger partial charge on any atom is 0.122 e. The summed E-state index contributed by atoms with van der Waals surface area (Å²) in [7, 11) is 3.86. The first-order valence-corrected chi connectivity index (χ1v) is 4.07. The molecular weight excluding hydrogens is 166 g/mol. The predicted octanol–water partition coefficient (Wildman–Crippen LogP) is -0.212. The van der Waals surface area contributed by atoms with Gasteiger partial charge in [-0.15, -0.1) is 0 Å². The highest BCUT2D eigenvalue weighted by Gasteiger charge is 2.04. The molecule has 0 aromatic carbocycles. The summed E-state index contributed by atoms with van der Waals surface area (Å²) in [5, 5.41) is 7.12. The second kappa shape index (κ2) is 4.04. The van der Waals surface area contributed by atoms with Crippen LogP contribution in [0.5, 0.6) is 0 Å². The predicted molar refractivity (Wildman–Crippen MR) is 51.5 cm³/mol. The average molecular weight is 181 g/mol. The highest BCUT2D eigenvalue weighted by atomic mass is 15.2. The van der Waals surface area contributed by atoms with Gasteiger partial charge in [-0.05, 0) is 7.05 Å². The van der Waals surface area contributed by atoms with E-state index in [-0.39, 0.29) is 5.84 Å². The fourth-order valence-electron chi connectivity index (χ4n) is 1.14. The number of nitrogens with two attached hydrogens (primary N) is 1. The molecule has 1 aromatic rings. The lowest BCUT2D eigenvalue weighted by molar-refractivity contribution is 0.357. The van der Waals surface area contributed by atoms with Gasteiger partial charge in [0.25, 0.3) is 0 Å². The van der Waals surface area contributed by atoms with Crippen LogP contribution in [0.25, 0.3) is 0 Å². The van der Waals surface area contributed by atoms with Crippen LogP contribution in [-0.2, 0) is 13.6 Å². The van der Waals surface area contributed by atoms with E-state index in [2.05, 4.69) is 4.98 Å². The summed E-state index contributed by atoms with van der Waals surface area (Å²) in [6.07, 6.45) is 3.66. The van der Waals surface area contributed by atoms with E-state index >= 15 is 0 Å². The third-order valence-corrected chi connectivity index (χ3v) is 1.77. The maximum atomic E-state index is 7.12. The zero-order valence-corrected chi connectivity index (χ0v) is 7.99. The van der Waals surface area contributed by atoms with E-state index in [4.69, 9.17) is 11.1 Å². The van der Waals surface area contributed by atoms with Gasteiger partial charge >= 0.3 is 0 Å². The van der Waals surface area contributed by atoms with Crippen LogP contribution in [0.3, 0.4) is 0 Å². The Morgan fingerprint density at radius 3 is 2.92 bits per heavy atom. The van der Waals surface area contributed by atoms with Crippen molar-refractivity contribution in [2.45, 2.75) is 6.54 Å². The molecular formula is C8H15N5. The van der Waals surface area contributed by atoms with Gasteiger partial charge in [-0.1, -0.05) is 0 Å². The van der Waals surface area contributed by atoms with Gasteiger partial charge in [0, 0.05) is 19.4 Å². The summed E-state index contributed by atoms with van der Waals surface area (Å²) in [6.45, 7) is 1.19. The Balaban J connectivity index is 2.49. The molecule has 0 saturated carbocycles. The monoisotopic (exact) mass is 181 g/mol. The molecule has 13 heavy (non-hydrogen) atoms. The zero-order valence-electron chi connectivity index (χ0n) is 7.99. The lowest BCUT2D eigenvalue weighted by Crippen LogP contribution is -2.30. The number of nitrogens with one attached hydrogen (secondary N) is 1. The van der Waals surface area contributed by atoms with Crippen molar-refractivity contribution in [1.29, 1.82) is 5.41 Å². The van der Waals surface area contributed by atoms with Gasteiger partial charge in [-0.25, -0.2) is 4.98 Å². The SMILES string of the molecule is CN(CC(=N)N)Cc1nccn1C. The molecule has 0 amide bonds. The molecule has 1 rings (SSSR count). The van der Waals surface area contributed by atoms with Crippen LogP contribution in [0.2, 0.25) is 0 Å². The molecule has 72 valence electrons. The Kier molecular flexibility index (Phi) is 3.02. The van der Waals surface area contributed by atoms with Crippen molar-refractivity contribution in [2.24, 2.45) is 12.8 Å². The zero-order chi connectivity index (χ0) is 9.84. The maximum absolute atomic E-state index is 7.12. The van der Waals surface area contributed by atoms with Gasteiger partial charge in [0.1, 0.15) is 11.7 Å². The highest BCUT2D eigenvalue weighted by Crippen LogP contribution is 1.98. The summed E-state index contributed by atoms with van der Waals surface area (Å²) in [6, 6.07) is 0. The van der Waals surface area contributed by atoms with E-state index in [0.717, 1.165) is 5.82 Å². The number of nitrogens with zero attached hydrogens (tertiary/aromatic N) is 3. The van der Waals surface area contributed by atoms with Crippen LogP contribution in [0.15, 0.2) is 12.4 Å². The molecule has 0 aliphatic carbocycles. The third kappa shape index (κ3) is 2.87. The summed E-state index contributed by atoms with van der Waals surface area (Å²) < 4.78 is 1.95. The Morgan fingerprint density at radius 2 is 2.46 bits per heavy atom. The largest absolute Gasteiger partial charge is 0.387 e.